The molecule has 0 unspecified atom stereocenters. The fraction of sp³-hybridized carbons (Fsp3) is 0.147. The number of H-pyrrole nitrogens is 1. The third-order valence-corrected chi connectivity index (χ3v) is 12.0. The quantitative estimate of drug-likeness (QED) is 0.165. The van der Waals surface area contributed by atoms with Crippen LogP contribution in [0.1, 0.15) is 12.0 Å². The first-order valence-electron chi connectivity index (χ1n) is 13.7. The Labute approximate surface area is 239 Å². The second kappa shape index (κ2) is 11.5. The van der Waals surface area contributed by atoms with Crippen molar-refractivity contribution in [3.63, 3.8) is 0 Å². The van der Waals surface area contributed by atoms with Crippen LogP contribution in [0.3, 0.4) is 0 Å². The minimum absolute atomic E-state index is 0.0817. The summed E-state index contributed by atoms with van der Waals surface area (Å²) in [5.74, 6) is -1.26. The molecular formula is C34H30N2O4P+. The van der Waals surface area contributed by atoms with Crippen molar-refractivity contribution in [2.45, 2.75) is 18.9 Å². The predicted octanol–water partition coefficient (Wildman–Crippen LogP) is 4.38. The summed E-state index contributed by atoms with van der Waals surface area (Å²) in [5, 5.41) is 4.20. The number of nitrogens with zero attached hydrogens (tertiary/aromatic N) is 1. The van der Waals surface area contributed by atoms with Crippen molar-refractivity contribution in [3.05, 3.63) is 127 Å². The summed E-state index contributed by atoms with van der Waals surface area (Å²) in [7, 11) is -2.47. The Balaban J connectivity index is 1.24. The SMILES string of the molecule is O=C(C[P+](c1ccccc1)(c1ccccc1)c1ccccc1)O[C@H]1CC(=O)N(CCc2c[nH]c3ccccc23)C1=O. The van der Waals surface area contributed by atoms with Gasteiger partial charge in [0.15, 0.2) is 12.3 Å². The Kier molecular flexibility index (Phi) is 7.49. The lowest BCUT2D eigenvalue weighted by molar-refractivity contribution is -0.154. The lowest BCUT2D eigenvalue weighted by Gasteiger charge is -2.27. The van der Waals surface area contributed by atoms with Gasteiger partial charge in [0, 0.05) is 23.6 Å². The lowest BCUT2D eigenvalue weighted by Crippen LogP contribution is -2.38. The van der Waals surface area contributed by atoms with Gasteiger partial charge in [0.1, 0.15) is 23.2 Å². The lowest BCUT2D eigenvalue weighted by atomic mass is 10.1. The highest BCUT2D eigenvalue weighted by molar-refractivity contribution is 7.96. The van der Waals surface area contributed by atoms with Crippen LogP contribution >= 0.6 is 7.26 Å². The fourth-order valence-electron chi connectivity index (χ4n) is 5.71. The topological polar surface area (TPSA) is 79.5 Å². The molecule has 0 spiro atoms. The zero-order valence-corrected chi connectivity index (χ0v) is 23.4. The molecule has 4 aromatic carbocycles. The van der Waals surface area contributed by atoms with Gasteiger partial charge in [-0.05, 0) is 54.4 Å². The van der Waals surface area contributed by atoms with Gasteiger partial charge in [-0.25, -0.2) is 4.79 Å². The van der Waals surface area contributed by atoms with Crippen LogP contribution in [0.2, 0.25) is 0 Å². The van der Waals surface area contributed by atoms with Crippen molar-refractivity contribution < 1.29 is 19.1 Å². The molecule has 41 heavy (non-hydrogen) atoms. The summed E-state index contributed by atoms with van der Waals surface area (Å²) in [6, 6.07) is 38.0. The van der Waals surface area contributed by atoms with Crippen LogP contribution in [-0.2, 0) is 25.5 Å². The molecule has 0 saturated carbocycles. The number of hydrogen-bond donors (Lipinski definition) is 1. The maximum atomic E-state index is 13.7. The predicted molar refractivity (Wildman–Crippen MR) is 163 cm³/mol. The van der Waals surface area contributed by atoms with Gasteiger partial charge in [-0.1, -0.05) is 72.8 Å². The molecule has 1 aliphatic rings. The molecule has 1 fully saturated rings. The van der Waals surface area contributed by atoms with E-state index in [-0.39, 0.29) is 25.0 Å². The number of nitrogens with one attached hydrogen (secondary N) is 1. The summed E-state index contributed by atoms with van der Waals surface area (Å²) < 4.78 is 5.82. The van der Waals surface area contributed by atoms with Gasteiger partial charge in [0.05, 0.1) is 6.42 Å². The summed E-state index contributed by atoms with van der Waals surface area (Å²) in [6.07, 6.45) is 1.27. The number of rotatable bonds is 9. The highest BCUT2D eigenvalue weighted by atomic mass is 31.2. The number of carbonyl (C=O) groups excluding carboxylic acids is 3. The van der Waals surface area contributed by atoms with Crippen molar-refractivity contribution in [3.8, 4) is 0 Å². The summed E-state index contributed by atoms with van der Waals surface area (Å²) in [6.45, 7) is 0.239. The molecule has 1 aliphatic heterocycles. The molecule has 204 valence electrons. The molecule has 0 radical (unpaired) electrons. The molecule has 5 aromatic rings. The van der Waals surface area contributed by atoms with Crippen LogP contribution in [0.15, 0.2) is 121 Å². The molecule has 0 bridgehead atoms. The molecule has 7 heteroatoms. The third kappa shape index (κ3) is 5.19. The smallest absolute Gasteiger partial charge is 0.345 e. The van der Waals surface area contributed by atoms with Crippen LogP contribution in [0.25, 0.3) is 10.9 Å². The van der Waals surface area contributed by atoms with Crippen LogP contribution in [0.4, 0.5) is 0 Å². The van der Waals surface area contributed by atoms with Crippen LogP contribution < -0.4 is 15.9 Å². The van der Waals surface area contributed by atoms with Gasteiger partial charge in [0.25, 0.3) is 5.91 Å². The Bertz CT molecular complexity index is 1590. The molecule has 1 N–H and O–H groups in total. The maximum absolute atomic E-state index is 13.7. The van der Waals surface area contributed by atoms with Crippen molar-refractivity contribution >= 4 is 51.9 Å². The highest BCUT2D eigenvalue weighted by Gasteiger charge is 2.49. The van der Waals surface area contributed by atoms with E-state index >= 15 is 0 Å². The normalized spacial score (nSPS) is 15.4. The van der Waals surface area contributed by atoms with Gasteiger partial charge in [-0.15, -0.1) is 0 Å². The zero-order valence-electron chi connectivity index (χ0n) is 22.5. The Hall–Kier alpha value is -4.54. The number of likely N-dealkylation sites (tertiary alicyclic amines) is 1. The number of esters is 1. The number of benzene rings is 4. The molecule has 6 nitrogen and oxygen atoms in total. The van der Waals surface area contributed by atoms with Gasteiger partial charge in [-0.3, -0.25) is 14.5 Å². The van der Waals surface area contributed by atoms with Gasteiger partial charge in [-0.2, -0.15) is 0 Å². The number of ether oxygens (including phenoxy) is 1. The van der Waals surface area contributed by atoms with Crippen LogP contribution in [0, 0.1) is 0 Å². The molecule has 1 atom stereocenters. The second-order valence-corrected chi connectivity index (χ2v) is 13.6. The molecule has 6 rings (SSSR count). The fourth-order valence-corrected chi connectivity index (χ4v) is 9.66. The number of carbonyl (C=O) groups is 3. The van der Waals surface area contributed by atoms with Crippen molar-refractivity contribution in [2.24, 2.45) is 0 Å². The summed E-state index contributed by atoms with van der Waals surface area (Å²) >= 11 is 0. The average molecular weight is 562 g/mol. The van der Waals surface area contributed by atoms with E-state index < -0.39 is 25.2 Å². The number of amides is 2. The van der Waals surface area contributed by atoms with E-state index in [0.717, 1.165) is 32.4 Å². The standard InChI is InChI=1S/C34H30N2O4P/c37-32-22-31(34(39)36(32)21-20-25-23-35-30-19-11-10-18-29(25)30)40-33(38)24-41(26-12-4-1-5-13-26,27-14-6-2-7-15-27)28-16-8-3-9-17-28/h1-19,23,31,35H,20-22,24H2/q+1/t31-/m0/s1. The number of hydrogen-bond acceptors (Lipinski definition) is 4. The molecule has 0 aliphatic carbocycles. The van der Waals surface area contributed by atoms with Crippen molar-refractivity contribution in [1.29, 1.82) is 0 Å². The van der Waals surface area contributed by atoms with E-state index in [0.29, 0.717) is 6.42 Å². The first kappa shape index (κ1) is 26.7. The molecule has 2 amide bonds. The highest BCUT2D eigenvalue weighted by Crippen LogP contribution is 2.55. The van der Waals surface area contributed by atoms with E-state index in [1.54, 1.807) is 0 Å². The third-order valence-electron chi connectivity index (χ3n) is 7.71. The van der Waals surface area contributed by atoms with E-state index in [1.165, 1.54) is 4.90 Å². The second-order valence-electron chi connectivity index (χ2n) is 10.2. The number of imide groups is 1. The number of fused-ring (bicyclic) bond motifs is 1. The van der Waals surface area contributed by atoms with E-state index in [2.05, 4.69) is 41.4 Å². The minimum atomic E-state index is -2.47. The largest absolute Gasteiger partial charge is 0.449 e. The summed E-state index contributed by atoms with van der Waals surface area (Å²) in [4.78, 5) is 44.3. The first-order chi connectivity index (χ1) is 20.1. The number of para-hydroxylation sites is 1. The van der Waals surface area contributed by atoms with E-state index in [9.17, 15) is 14.4 Å². The minimum Gasteiger partial charge on any atom is -0.449 e. The Morgan fingerprint density at radius 2 is 1.32 bits per heavy atom. The van der Waals surface area contributed by atoms with Crippen molar-refractivity contribution in [2.75, 3.05) is 12.7 Å². The monoisotopic (exact) mass is 561 g/mol. The maximum Gasteiger partial charge on any atom is 0.345 e. The molecular weight excluding hydrogens is 531 g/mol. The zero-order chi connectivity index (χ0) is 28.2. The van der Waals surface area contributed by atoms with Gasteiger partial charge < -0.3 is 9.72 Å². The van der Waals surface area contributed by atoms with Gasteiger partial charge >= 0.3 is 5.97 Å². The average Bonchev–Trinajstić information content (AvgIpc) is 3.55. The number of aromatic nitrogens is 1. The van der Waals surface area contributed by atoms with Gasteiger partial charge in [0.2, 0.25) is 5.91 Å². The Morgan fingerprint density at radius 1 is 0.780 bits per heavy atom. The molecule has 1 aromatic heterocycles. The van der Waals surface area contributed by atoms with E-state index in [4.69, 9.17) is 4.74 Å². The Morgan fingerprint density at radius 3 is 1.90 bits per heavy atom. The molecule has 2 heterocycles. The molecule has 1 saturated heterocycles. The van der Waals surface area contributed by atoms with Crippen LogP contribution in [-0.4, -0.2) is 46.5 Å². The number of aromatic amines is 1. The first-order valence-corrected chi connectivity index (χ1v) is 15.7. The van der Waals surface area contributed by atoms with Crippen LogP contribution in [0.5, 0.6) is 0 Å². The summed E-state index contributed by atoms with van der Waals surface area (Å²) in [5.41, 5.74) is 2.04. The van der Waals surface area contributed by atoms with E-state index in [1.807, 2.05) is 85.1 Å². The van der Waals surface area contributed by atoms with Crippen molar-refractivity contribution in [1.82, 2.24) is 9.88 Å².